The minimum Gasteiger partial charge on any atom is -0.379 e. The van der Waals surface area contributed by atoms with Gasteiger partial charge in [0.1, 0.15) is 0 Å². The smallest absolute Gasteiger partial charge is 0.279 e. The van der Waals surface area contributed by atoms with Crippen LogP contribution in [-0.4, -0.2) is 58.2 Å². The standard InChI is InChI=1S/C12H25N3O3S/c1-12(2)4-3-5-13-11(12)10-14-19(16,17)15-6-8-18-9-7-15/h11,13-14H,3-10H2,1-2H3. The third kappa shape index (κ3) is 3.88. The van der Waals surface area contributed by atoms with Gasteiger partial charge in [-0.05, 0) is 24.8 Å². The van der Waals surface area contributed by atoms with Crippen LogP contribution in [-0.2, 0) is 14.9 Å². The number of nitrogens with zero attached hydrogens (tertiary/aromatic N) is 1. The highest BCUT2D eigenvalue weighted by atomic mass is 32.2. The van der Waals surface area contributed by atoms with Crippen LogP contribution in [0.4, 0.5) is 0 Å². The topological polar surface area (TPSA) is 70.7 Å². The fourth-order valence-corrected chi connectivity index (χ4v) is 3.88. The number of rotatable bonds is 4. The van der Waals surface area contributed by atoms with Gasteiger partial charge in [0, 0.05) is 25.7 Å². The normalized spacial score (nSPS) is 29.3. The first-order chi connectivity index (χ1) is 8.92. The van der Waals surface area contributed by atoms with Crippen LogP contribution in [0.2, 0.25) is 0 Å². The summed E-state index contributed by atoms with van der Waals surface area (Å²) in [6, 6.07) is 0.192. The summed E-state index contributed by atoms with van der Waals surface area (Å²) in [7, 11) is -3.37. The van der Waals surface area contributed by atoms with E-state index in [-0.39, 0.29) is 11.5 Å². The molecule has 0 radical (unpaired) electrons. The molecule has 0 amide bonds. The van der Waals surface area contributed by atoms with Crippen molar-refractivity contribution in [2.75, 3.05) is 39.4 Å². The molecule has 19 heavy (non-hydrogen) atoms. The molecular weight excluding hydrogens is 266 g/mol. The molecule has 1 unspecified atom stereocenters. The Morgan fingerprint density at radius 2 is 2.05 bits per heavy atom. The molecule has 2 aliphatic rings. The number of morpholine rings is 1. The zero-order valence-corrected chi connectivity index (χ0v) is 12.6. The summed E-state index contributed by atoms with van der Waals surface area (Å²) in [4.78, 5) is 0. The van der Waals surface area contributed by atoms with E-state index >= 15 is 0 Å². The van der Waals surface area contributed by atoms with Crippen molar-refractivity contribution < 1.29 is 13.2 Å². The summed E-state index contributed by atoms with van der Waals surface area (Å²) in [6.45, 7) is 7.63. The summed E-state index contributed by atoms with van der Waals surface area (Å²) >= 11 is 0. The minimum atomic E-state index is -3.37. The molecule has 0 aromatic heterocycles. The molecule has 2 aliphatic heterocycles. The second kappa shape index (κ2) is 6.05. The van der Waals surface area contributed by atoms with Gasteiger partial charge in [0.25, 0.3) is 10.2 Å². The van der Waals surface area contributed by atoms with Crippen molar-refractivity contribution in [3.63, 3.8) is 0 Å². The van der Waals surface area contributed by atoms with Gasteiger partial charge in [-0.25, -0.2) is 4.72 Å². The van der Waals surface area contributed by atoms with Gasteiger partial charge in [0.2, 0.25) is 0 Å². The van der Waals surface area contributed by atoms with Gasteiger partial charge in [-0.15, -0.1) is 0 Å². The molecule has 0 saturated carbocycles. The quantitative estimate of drug-likeness (QED) is 0.761. The third-order valence-electron chi connectivity index (χ3n) is 4.11. The average Bonchev–Trinajstić information content (AvgIpc) is 2.38. The van der Waals surface area contributed by atoms with E-state index in [1.807, 2.05) is 0 Å². The Morgan fingerprint density at radius 3 is 2.68 bits per heavy atom. The van der Waals surface area contributed by atoms with Gasteiger partial charge in [0.05, 0.1) is 13.2 Å². The lowest BCUT2D eigenvalue weighted by atomic mass is 9.78. The van der Waals surface area contributed by atoms with Crippen molar-refractivity contribution in [1.29, 1.82) is 0 Å². The molecular formula is C12H25N3O3S. The van der Waals surface area contributed by atoms with Crippen LogP contribution >= 0.6 is 0 Å². The second-order valence-corrected chi connectivity index (χ2v) is 7.72. The number of hydrogen-bond acceptors (Lipinski definition) is 4. The molecule has 2 saturated heterocycles. The number of piperidine rings is 1. The van der Waals surface area contributed by atoms with E-state index < -0.39 is 10.2 Å². The molecule has 112 valence electrons. The molecule has 2 heterocycles. The Balaban J connectivity index is 1.89. The molecule has 2 fully saturated rings. The lowest BCUT2D eigenvalue weighted by Crippen LogP contribution is -2.55. The van der Waals surface area contributed by atoms with Gasteiger partial charge in [0.15, 0.2) is 0 Å². The highest BCUT2D eigenvalue weighted by Gasteiger charge is 2.33. The number of nitrogens with one attached hydrogen (secondary N) is 2. The number of ether oxygens (including phenoxy) is 1. The minimum absolute atomic E-state index is 0.131. The van der Waals surface area contributed by atoms with Crippen LogP contribution in [0.15, 0.2) is 0 Å². The van der Waals surface area contributed by atoms with E-state index in [2.05, 4.69) is 23.9 Å². The van der Waals surface area contributed by atoms with Crippen molar-refractivity contribution in [2.45, 2.75) is 32.7 Å². The van der Waals surface area contributed by atoms with E-state index in [1.165, 1.54) is 4.31 Å². The Labute approximate surface area is 116 Å². The second-order valence-electron chi connectivity index (χ2n) is 5.96. The predicted molar refractivity (Wildman–Crippen MR) is 74.1 cm³/mol. The molecule has 0 aromatic carbocycles. The van der Waals surface area contributed by atoms with Crippen molar-refractivity contribution in [2.24, 2.45) is 5.41 Å². The number of hydrogen-bond donors (Lipinski definition) is 2. The maximum absolute atomic E-state index is 12.2. The summed E-state index contributed by atoms with van der Waals surface area (Å²) in [5, 5.41) is 3.41. The van der Waals surface area contributed by atoms with Gasteiger partial charge < -0.3 is 10.1 Å². The molecule has 1 atom stereocenters. The van der Waals surface area contributed by atoms with E-state index in [0.29, 0.717) is 32.8 Å². The zero-order chi connectivity index (χ0) is 13.9. The predicted octanol–water partition coefficient (Wildman–Crippen LogP) is -0.0688. The fourth-order valence-electron chi connectivity index (χ4n) is 2.69. The van der Waals surface area contributed by atoms with Crippen LogP contribution in [0, 0.1) is 5.41 Å². The van der Waals surface area contributed by atoms with E-state index in [0.717, 1.165) is 19.4 Å². The molecule has 7 heteroatoms. The first kappa shape index (κ1) is 15.2. The Hall–Kier alpha value is -0.210. The SMILES string of the molecule is CC1(C)CCCNC1CNS(=O)(=O)N1CCOCC1. The van der Waals surface area contributed by atoms with Crippen molar-refractivity contribution in [1.82, 2.24) is 14.3 Å². The van der Waals surface area contributed by atoms with Crippen LogP contribution in [0.5, 0.6) is 0 Å². The maximum Gasteiger partial charge on any atom is 0.279 e. The largest absolute Gasteiger partial charge is 0.379 e. The molecule has 2 N–H and O–H groups in total. The molecule has 2 rings (SSSR count). The Kier molecular flexibility index (Phi) is 4.84. The fraction of sp³-hybridized carbons (Fsp3) is 1.00. The van der Waals surface area contributed by atoms with Crippen LogP contribution in [0.25, 0.3) is 0 Å². The van der Waals surface area contributed by atoms with E-state index in [1.54, 1.807) is 0 Å². The molecule has 0 aliphatic carbocycles. The summed E-state index contributed by atoms with van der Waals surface area (Å²) in [6.07, 6.45) is 2.28. The van der Waals surface area contributed by atoms with Crippen molar-refractivity contribution in [3.8, 4) is 0 Å². The maximum atomic E-state index is 12.2. The van der Waals surface area contributed by atoms with Crippen LogP contribution in [0.3, 0.4) is 0 Å². The Morgan fingerprint density at radius 1 is 1.37 bits per heavy atom. The zero-order valence-electron chi connectivity index (χ0n) is 11.8. The van der Waals surface area contributed by atoms with Gasteiger partial charge >= 0.3 is 0 Å². The van der Waals surface area contributed by atoms with Crippen LogP contribution < -0.4 is 10.0 Å². The lowest BCUT2D eigenvalue weighted by molar-refractivity contribution is 0.0722. The lowest BCUT2D eigenvalue weighted by Gasteiger charge is -2.39. The van der Waals surface area contributed by atoms with Gasteiger partial charge in [-0.1, -0.05) is 13.8 Å². The molecule has 0 aromatic rings. The summed E-state index contributed by atoms with van der Waals surface area (Å²) in [5.41, 5.74) is 0.131. The molecule has 6 nitrogen and oxygen atoms in total. The first-order valence-corrected chi connectivity index (χ1v) is 8.42. The molecule has 0 spiro atoms. The van der Waals surface area contributed by atoms with Crippen molar-refractivity contribution >= 4 is 10.2 Å². The highest BCUT2D eigenvalue weighted by molar-refractivity contribution is 7.87. The Bertz CT molecular complexity index is 391. The first-order valence-electron chi connectivity index (χ1n) is 6.98. The monoisotopic (exact) mass is 291 g/mol. The van der Waals surface area contributed by atoms with E-state index in [9.17, 15) is 8.42 Å². The van der Waals surface area contributed by atoms with Gasteiger partial charge in [-0.3, -0.25) is 0 Å². The highest BCUT2D eigenvalue weighted by Crippen LogP contribution is 2.29. The van der Waals surface area contributed by atoms with E-state index in [4.69, 9.17) is 4.74 Å². The summed E-state index contributed by atoms with van der Waals surface area (Å²) in [5.74, 6) is 0. The third-order valence-corrected chi connectivity index (χ3v) is 5.69. The van der Waals surface area contributed by atoms with Gasteiger partial charge in [-0.2, -0.15) is 12.7 Å². The summed E-state index contributed by atoms with van der Waals surface area (Å²) < 4.78 is 33.7. The van der Waals surface area contributed by atoms with Crippen molar-refractivity contribution in [3.05, 3.63) is 0 Å². The van der Waals surface area contributed by atoms with Crippen LogP contribution in [0.1, 0.15) is 26.7 Å². The average molecular weight is 291 g/mol. The molecule has 0 bridgehead atoms.